The van der Waals surface area contributed by atoms with Crippen LogP contribution in [-0.4, -0.2) is 38.1 Å². The number of piperidine rings is 1. The monoisotopic (exact) mass is 565 g/mol. The molecule has 1 aliphatic rings. The number of alkyl halides is 6. The maximum absolute atomic E-state index is 13.0. The van der Waals surface area contributed by atoms with Gasteiger partial charge in [0.15, 0.2) is 5.82 Å². The van der Waals surface area contributed by atoms with Crippen molar-refractivity contribution in [2.75, 3.05) is 13.1 Å². The van der Waals surface area contributed by atoms with E-state index in [0.29, 0.717) is 36.7 Å². The van der Waals surface area contributed by atoms with Gasteiger partial charge in [0, 0.05) is 22.7 Å². The van der Waals surface area contributed by atoms with Crippen LogP contribution in [0.2, 0.25) is 0 Å². The minimum absolute atomic E-state index is 0.0304. The summed E-state index contributed by atoms with van der Waals surface area (Å²) in [6.45, 7) is 7.67. The van der Waals surface area contributed by atoms with Gasteiger partial charge >= 0.3 is 12.4 Å². The normalized spacial score (nSPS) is 15.1. The van der Waals surface area contributed by atoms with Crippen LogP contribution in [0.5, 0.6) is 0 Å². The van der Waals surface area contributed by atoms with Crippen LogP contribution < -0.4 is 0 Å². The minimum atomic E-state index is -4.46. The molecule has 6 nitrogen and oxygen atoms in total. The lowest BCUT2D eigenvalue weighted by Crippen LogP contribution is -2.33. The fraction of sp³-hybridized carbons (Fsp3) is 0.393. The minimum Gasteiger partial charge on any atom is -0.345 e. The molecule has 4 aromatic rings. The van der Waals surface area contributed by atoms with Crippen molar-refractivity contribution in [1.82, 2.24) is 25.0 Å². The Morgan fingerprint density at radius 3 is 2.15 bits per heavy atom. The number of hydrogen-bond donors (Lipinski definition) is 1. The molecule has 1 saturated heterocycles. The highest BCUT2D eigenvalue weighted by Crippen LogP contribution is 2.34. The van der Waals surface area contributed by atoms with Crippen molar-refractivity contribution in [2.45, 2.75) is 58.4 Å². The number of rotatable bonds is 5. The van der Waals surface area contributed by atoms with Crippen LogP contribution in [0.15, 0.2) is 53.1 Å². The predicted molar refractivity (Wildman–Crippen MR) is 137 cm³/mol. The van der Waals surface area contributed by atoms with E-state index in [9.17, 15) is 26.3 Å². The summed E-state index contributed by atoms with van der Waals surface area (Å²) < 4.78 is 82.8. The molecule has 0 aliphatic carbocycles. The Hall–Kier alpha value is -3.67. The molecule has 0 amide bonds. The standard InChI is InChI=1S/C26H23F6N5O.C2H6/c1-15-22(16-5-7-19(8-6-16)25(27,28)29)35-23(33-15)17-9-11-37(12-10-17)14-21-34-24(38-36-21)18-3-2-4-20(13-18)26(30,31)32;1-2/h2-8,13,17H,9-12,14H2,1H3,(H,33,35);1-2H3. The summed E-state index contributed by atoms with van der Waals surface area (Å²) in [6, 6.07) is 9.71. The highest BCUT2D eigenvalue weighted by atomic mass is 19.4. The van der Waals surface area contributed by atoms with Crippen LogP contribution >= 0.6 is 0 Å². The van der Waals surface area contributed by atoms with E-state index in [0.717, 1.165) is 48.6 Å². The van der Waals surface area contributed by atoms with E-state index in [-0.39, 0.29) is 17.4 Å². The van der Waals surface area contributed by atoms with Crippen LogP contribution in [0.25, 0.3) is 22.7 Å². The molecule has 5 rings (SSSR count). The Bertz CT molecular complexity index is 1400. The molecule has 2 aromatic heterocycles. The van der Waals surface area contributed by atoms with Gasteiger partial charge in [-0.3, -0.25) is 4.90 Å². The number of H-pyrrole nitrogens is 1. The van der Waals surface area contributed by atoms with Gasteiger partial charge in [0.2, 0.25) is 0 Å². The second kappa shape index (κ2) is 11.8. The molecular formula is C28H29F6N5O. The van der Waals surface area contributed by atoms with Gasteiger partial charge in [0.1, 0.15) is 5.82 Å². The van der Waals surface area contributed by atoms with Gasteiger partial charge in [0.05, 0.1) is 23.4 Å². The van der Waals surface area contributed by atoms with E-state index >= 15 is 0 Å². The number of aryl methyl sites for hydroxylation is 1. The van der Waals surface area contributed by atoms with Crippen molar-refractivity contribution in [2.24, 2.45) is 0 Å². The molecule has 1 N–H and O–H groups in total. The lowest BCUT2D eigenvalue weighted by atomic mass is 9.96. The maximum atomic E-state index is 13.0. The third-order valence-corrected chi connectivity index (χ3v) is 6.63. The molecule has 40 heavy (non-hydrogen) atoms. The first-order valence-electron chi connectivity index (χ1n) is 12.9. The second-order valence-electron chi connectivity index (χ2n) is 9.32. The van der Waals surface area contributed by atoms with E-state index in [1.807, 2.05) is 20.8 Å². The summed E-state index contributed by atoms with van der Waals surface area (Å²) in [7, 11) is 0. The van der Waals surface area contributed by atoms with Gasteiger partial charge in [-0.15, -0.1) is 0 Å². The first-order valence-corrected chi connectivity index (χ1v) is 12.9. The lowest BCUT2D eigenvalue weighted by Gasteiger charge is -2.30. The van der Waals surface area contributed by atoms with Gasteiger partial charge in [-0.25, -0.2) is 4.98 Å². The molecule has 3 heterocycles. The largest absolute Gasteiger partial charge is 0.416 e. The van der Waals surface area contributed by atoms with Crippen molar-refractivity contribution in [3.63, 3.8) is 0 Å². The number of nitrogens with zero attached hydrogens (tertiary/aromatic N) is 4. The molecule has 12 heteroatoms. The van der Waals surface area contributed by atoms with E-state index < -0.39 is 23.5 Å². The second-order valence-corrected chi connectivity index (χ2v) is 9.32. The maximum Gasteiger partial charge on any atom is 0.416 e. The van der Waals surface area contributed by atoms with Crippen LogP contribution in [-0.2, 0) is 18.9 Å². The zero-order valence-electron chi connectivity index (χ0n) is 22.2. The van der Waals surface area contributed by atoms with Crippen LogP contribution in [0.3, 0.4) is 0 Å². The number of aromatic amines is 1. The van der Waals surface area contributed by atoms with Crippen molar-refractivity contribution >= 4 is 0 Å². The van der Waals surface area contributed by atoms with Gasteiger partial charge in [0.25, 0.3) is 5.89 Å². The zero-order valence-corrected chi connectivity index (χ0v) is 22.2. The van der Waals surface area contributed by atoms with Crippen LogP contribution in [0.4, 0.5) is 26.3 Å². The fourth-order valence-corrected chi connectivity index (χ4v) is 4.60. The Morgan fingerprint density at radius 1 is 0.875 bits per heavy atom. The van der Waals surface area contributed by atoms with Gasteiger partial charge < -0.3 is 9.51 Å². The number of benzene rings is 2. The van der Waals surface area contributed by atoms with E-state index in [4.69, 9.17) is 9.51 Å². The molecule has 214 valence electrons. The average Bonchev–Trinajstić information content (AvgIpc) is 3.56. The Morgan fingerprint density at radius 2 is 1.52 bits per heavy atom. The average molecular weight is 566 g/mol. The van der Waals surface area contributed by atoms with Gasteiger partial charge in [-0.2, -0.15) is 31.3 Å². The summed E-state index contributed by atoms with van der Waals surface area (Å²) in [5.41, 5.74) is 0.747. The summed E-state index contributed by atoms with van der Waals surface area (Å²) in [6.07, 6.45) is -7.27. The van der Waals surface area contributed by atoms with Crippen molar-refractivity contribution in [3.8, 4) is 22.7 Å². The van der Waals surface area contributed by atoms with Crippen LogP contribution in [0.1, 0.15) is 61.1 Å². The molecule has 0 radical (unpaired) electrons. The summed E-state index contributed by atoms with van der Waals surface area (Å²) in [5.74, 6) is 1.36. The Kier molecular flexibility index (Phi) is 8.67. The summed E-state index contributed by atoms with van der Waals surface area (Å²) in [5, 5.41) is 3.93. The first-order chi connectivity index (χ1) is 19.0. The Balaban J connectivity index is 0.00000181. The van der Waals surface area contributed by atoms with Crippen LogP contribution in [0, 0.1) is 6.92 Å². The molecule has 0 atom stereocenters. The molecule has 1 aliphatic heterocycles. The molecule has 1 fully saturated rings. The van der Waals surface area contributed by atoms with E-state index in [1.165, 1.54) is 24.3 Å². The quantitative estimate of drug-likeness (QED) is 0.249. The predicted octanol–water partition coefficient (Wildman–Crippen LogP) is 7.88. The summed E-state index contributed by atoms with van der Waals surface area (Å²) >= 11 is 0. The molecule has 0 unspecified atom stereocenters. The Labute approximate surface area is 227 Å². The smallest absolute Gasteiger partial charge is 0.345 e. The molecule has 2 aromatic carbocycles. The van der Waals surface area contributed by atoms with Crippen molar-refractivity contribution in [3.05, 3.63) is 77.0 Å². The van der Waals surface area contributed by atoms with E-state index in [1.54, 1.807) is 0 Å². The number of aromatic nitrogens is 4. The number of likely N-dealkylation sites (tertiary alicyclic amines) is 1. The zero-order chi connectivity index (χ0) is 29.1. The lowest BCUT2D eigenvalue weighted by molar-refractivity contribution is -0.138. The number of halogens is 6. The highest BCUT2D eigenvalue weighted by molar-refractivity contribution is 5.62. The third-order valence-electron chi connectivity index (χ3n) is 6.63. The first kappa shape index (κ1) is 29.3. The van der Waals surface area contributed by atoms with Crippen molar-refractivity contribution < 1.29 is 30.9 Å². The molecule has 0 saturated carbocycles. The van der Waals surface area contributed by atoms with Gasteiger partial charge in [-0.05, 0) is 63.2 Å². The topological polar surface area (TPSA) is 70.8 Å². The summed E-state index contributed by atoms with van der Waals surface area (Å²) in [4.78, 5) is 14.4. The highest BCUT2D eigenvalue weighted by Gasteiger charge is 2.32. The third kappa shape index (κ3) is 6.72. The molecular weight excluding hydrogens is 536 g/mol. The molecule has 0 bridgehead atoms. The number of nitrogens with one attached hydrogen (secondary N) is 1. The number of imidazole rings is 1. The fourth-order valence-electron chi connectivity index (χ4n) is 4.60. The van der Waals surface area contributed by atoms with Gasteiger partial charge in [-0.1, -0.05) is 37.2 Å². The van der Waals surface area contributed by atoms with E-state index in [2.05, 4.69) is 20.0 Å². The SMILES string of the molecule is CC.Cc1[nH]c(C2CCN(Cc3noc(-c4cccc(C(F)(F)F)c4)n3)CC2)nc1-c1ccc(C(F)(F)F)cc1. The van der Waals surface area contributed by atoms with Crippen molar-refractivity contribution in [1.29, 1.82) is 0 Å². The number of hydrogen-bond acceptors (Lipinski definition) is 5. The molecule has 0 spiro atoms.